The predicted octanol–water partition coefficient (Wildman–Crippen LogP) is 2.37. The van der Waals surface area contributed by atoms with E-state index in [9.17, 15) is 4.79 Å². The van der Waals surface area contributed by atoms with Crippen molar-refractivity contribution in [2.24, 2.45) is 0 Å². The lowest BCUT2D eigenvalue weighted by Crippen LogP contribution is -2.53. The van der Waals surface area contributed by atoms with Crippen molar-refractivity contribution in [2.45, 2.75) is 56.8 Å². The molecule has 1 saturated carbocycles. The second-order valence-electron chi connectivity index (χ2n) is 7.57. The maximum atomic E-state index is 13.1. The summed E-state index contributed by atoms with van der Waals surface area (Å²) >= 11 is 0. The van der Waals surface area contributed by atoms with Crippen LogP contribution in [0.25, 0.3) is 5.65 Å². The number of aromatic nitrogens is 2. The number of rotatable bonds is 4. The summed E-state index contributed by atoms with van der Waals surface area (Å²) in [6.07, 6.45) is 8.06. The van der Waals surface area contributed by atoms with Gasteiger partial charge >= 0.3 is 0 Å². The Kier molecular flexibility index (Phi) is 4.49. The van der Waals surface area contributed by atoms with Gasteiger partial charge in [0.2, 0.25) is 5.91 Å². The van der Waals surface area contributed by atoms with E-state index in [1.165, 1.54) is 0 Å². The summed E-state index contributed by atoms with van der Waals surface area (Å²) in [5.74, 6) is 0.147. The fourth-order valence-corrected chi connectivity index (χ4v) is 4.76. The number of hydrogen-bond donors (Lipinski definition) is 0. The Morgan fingerprint density at radius 2 is 2.23 bits per heavy atom. The molecular formula is C20H27N3O3. The average Bonchev–Trinajstić information content (AvgIpc) is 3.24. The number of carbonyl (C=O) groups excluding carboxylic acids is 1. The number of nitrogens with zero attached hydrogens (tertiary/aromatic N) is 3. The van der Waals surface area contributed by atoms with Crippen LogP contribution in [0.2, 0.25) is 0 Å². The first-order valence-corrected chi connectivity index (χ1v) is 9.37. The highest BCUT2D eigenvalue weighted by molar-refractivity contribution is 5.79. The Bertz CT molecular complexity index is 818. The summed E-state index contributed by atoms with van der Waals surface area (Å²) in [5, 5.41) is 0. The average molecular weight is 357 g/mol. The largest absolute Gasteiger partial charge is 0.381 e. The topological polar surface area (TPSA) is 56.1 Å². The smallest absolute Gasteiger partial charge is 0.228 e. The van der Waals surface area contributed by atoms with Crippen molar-refractivity contribution in [3.8, 4) is 0 Å². The van der Waals surface area contributed by atoms with Crippen molar-refractivity contribution in [1.82, 2.24) is 14.3 Å². The molecule has 2 aliphatic rings. The van der Waals surface area contributed by atoms with Crippen molar-refractivity contribution in [3.63, 3.8) is 0 Å². The Hall–Kier alpha value is -1.92. The molecule has 2 fully saturated rings. The fourth-order valence-electron chi connectivity index (χ4n) is 4.76. The van der Waals surface area contributed by atoms with Crippen molar-refractivity contribution >= 4 is 11.6 Å². The third-order valence-corrected chi connectivity index (χ3v) is 6.34. The number of ether oxygens (including phenoxy) is 2. The molecule has 26 heavy (non-hydrogen) atoms. The number of fused-ring (bicyclic) bond motifs is 2. The van der Waals surface area contributed by atoms with Gasteiger partial charge in [0, 0.05) is 33.2 Å². The van der Waals surface area contributed by atoms with Gasteiger partial charge in [0.1, 0.15) is 5.65 Å². The second kappa shape index (κ2) is 6.67. The molecule has 1 saturated heterocycles. The van der Waals surface area contributed by atoms with Crippen LogP contribution >= 0.6 is 0 Å². The molecule has 0 bridgehead atoms. The zero-order valence-corrected chi connectivity index (χ0v) is 15.8. The Balaban J connectivity index is 1.56. The molecule has 2 aromatic rings. The molecule has 0 radical (unpaired) electrons. The third-order valence-electron chi connectivity index (χ3n) is 6.34. The van der Waals surface area contributed by atoms with Gasteiger partial charge in [0.15, 0.2) is 0 Å². The number of methoxy groups -OCH3 is 2. The highest BCUT2D eigenvalue weighted by Gasteiger charge is 2.52. The summed E-state index contributed by atoms with van der Waals surface area (Å²) in [7, 11) is 3.54. The standard InChI is InChI=1S/C20H27N3O3/c1-14-5-4-9-22-15(13-21-19(14)22)11-18(24)23-10-8-20(26-3)7-6-16(25-2)12-17(20)23/h4-5,9,13,16-17H,6-8,10-12H2,1-3H3/t16-,17-,20+/m0/s1. The molecule has 0 unspecified atom stereocenters. The first kappa shape index (κ1) is 17.5. The van der Waals surface area contributed by atoms with Gasteiger partial charge in [0.25, 0.3) is 0 Å². The van der Waals surface area contributed by atoms with Crippen LogP contribution in [-0.4, -0.2) is 58.7 Å². The third kappa shape index (κ3) is 2.72. The number of aryl methyl sites for hydroxylation is 1. The van der Waals surface area contributed by atoms with Gasteiger partial charge in [0.05, 0.1) is 29.9 Å². The van der Waals surface area contributed by atoms with Gasteiger partial charge in [-0.3, -0.25) is 4.79 Å². The van der Waals surface area contributed by atoms with E-state index in [1.54, 1.807) is 14.2 Å². The minimum atomic E-state index is -0.208. The molecule has 3 heterocycles. The van der Waals surface area contributed by atoms with Crippen LogP contribution in [0.15, 0.2) is 24.5 Å². The van der Waals surface area contributed by atoms with Crippen LogP contribution in [0, 0.1) is 6.92 Å². The molecule has 1 aliphatic carbocycles. The molecule has 0 N–H and O–H groups in total. The van der Waals surface area contributed by atoms with Crippen molar-refractivity contribution in [2.75, 3.05) is 20.8 Å². The SMILES string of the molecule is CO[C@H]1CC[C@@]2(OC)CCN(C(=O)Cc3cnc4c(C)cccn34)[C@H]2C1. The quantitative estimate of drug-likeness (QED) is 0.843. The molecule has 2 aromatic heterocycles. The molecule has 1 amide bonds. The molecule has 0 aromatic carbocycles. The number of pyridine rings is 1. The lowest BCUT2D eigenvalue weighted by Gasteiger charge is -2.43. The minimum absolute atomic E-state index is 0.0969. The summed E-state index contributed by atoms with van der Waals surface area (Å²) < 4.78 is 13.5. The van der Waals surface area contributed by atoms with Gasteiger partial charge in [-0.25, -0.2) is 4.98 Å². The van der Waals surface area contributed by atoms with E-state index in [4.69, 9.17) is 9.47 Å². The van der Waals surface area contributed by atoms with E-state index in [0.717, 1.165) is 49.1 Å². The highest BCUT2D eigenvalue weighted by Crippen LogP contribution is 2.43. The van der Waals surface area contributed by atoms with Crippen molar-refractivity contribution in [3.05, 3.63) is 35.8 Å². The molecule has 4 rings (SSSR count). The van der Waals surface area contributed by atoms with Crippen LogP contribution in [0.3, 0.4) is 0 Å². The van der Waals surface area contributed by atoms with E-state index < -0.39 is 0 Å². The van der Waals surface area contributed by atoms with Crippen molar-refractivity contribution in [1.29, 1.82) is 0 Å². The summed E-state index contributed by atoms with van der Waals surface area (Å²) in [6, 6.07) is 4.13. The molecule has 6 heteroatoms. The Morgan fingerprint density at radius 3 is 3.00 bits per heavy atom. The second-order valence-corrected chi connectivity index (χ2v) is 7.57. The van der Waals surface area contributed by atoms with Gasteiger partial charge < -0.3 is 18.8 Å². The first-order valence-electron chi connectivity index (χ1n) is 9.37. The number of likely N-dealkylation sites (tertiary alicyclic amines) is 1. The molecule has 0 spiro atoms. The Morgan fingerprint density at radius 1 is 1.38 bits per heavy atom. The fraction of sp³-hybridized carbons (Fsp3) is 0.600. The monoisotopic (exact) mass is 357 g/mol. The van der Waals surface area contributed by atoms with E-state index in [-0.39, 0.29) is 23.7 Å². The lowest BCUT2D eigenvalue weighted by molar-refractivity contribution is -0.140. The maximum Gasteiger partial charge on any atom is 0.228 e. The first-order chi connectivity index (χ1) is 12.6. The van der Waals surface area contributed by atoms with Gasteiger partial charge in [-0.15, -0.1) is 0 Å². The van der Waals surface area contributed by atoms with E-state index in [2.05, 4.69) is 4.98 Å². The minimum Gasteiger partial charge on any atom is -0.381 e. The van der Waals surface area contributed by atoms with Crippen LogP contribution in [0.1, 0.15) is 36.9 Å². The van der Waals surface area contributed by atoms with Gasteiger partial charge in [-0.1, -0.05) is 6.07 Å². The van der Waals surface area contributed by atoms with E-state index in [1.807, 2.05) is 40.8 Å². The summed E-state index contributed by atoms with van der Waals surface area (Å²) in [6.45, 7) is 2.79. The predicted molar refractivity (Wildman–Crippen MR) is 98.1 cm³/mol. The van der Waals surface area contributed by atoms with Crippen LogP contribution < -0.4 is 0 Å². The van der Waals surface area contributed by atoms with Crippen LogP contribution in [0.5, 0.6) is 0 Å². The van der Waals surface area contributed by atoms with Crippen LogP contribution in [0.4, 0.5) is 0 Å². The van der Waals surface area contributed by atoms with Gasteiger partial charge in [-0.2, -0.15) is 0 Å². The lowest BCUT2D eigenvalue weighted by atomic mass is 9.79. The number of imidazole rings is 1. The van der Waals surface area contributed by atoms with E-state index >= 15 is 0 Å². The molecule has 1 aliphatic heterocycles. The summed E-state index contributed by atoms with van der Waals surface area (Å²) in [5.41, 5.74) is 2.75. The highest BCUT2D eigenvalue weighted by atomic mass is 16.5. The maximum absolute atomic E-state index is 13.1. The molecular weight excluding hydrogens is 330 g/mol. The normalized spacial score (nSPS) is 28.5. The number of carbonyl (C=O) groups is 1. The van der Waals surface area contributed by atoms with Crippen LogP contribution in [-0.2, 0) is 20.7 Å². The van der Waals surface area contributed by atoms with Gasteiger partial charge in [-0.05, 0) is 44.2 Å². The Labute approximate surface area is 154 Å². The molecule has 140 valence electrons. The van der Waals surface area contributed by atoms with E-state index in [0.29, 0.717) is 6.42 Å². The zero-order valence-electron chi connectivity index (χ0n) is 15.8. The number of hydrogen-bond acceptors (Lipinski definition) is 4. The van der Waals surface area contributed by atoms with Crippen molar-refractivity contribution < 1.29 is 14.3 Å². The number of amides is 1. The molecule has 3 atom stereocenters. The molecule has 6 nitrogen and oxygen atoms in total. The summed E-state index contributed by atoms with van der Waals surface area (Å²) in [4.78, 5) is 19.6. The zero-order chi connectivity index (χ0) is 18.3.